The first-order valence-electron chi connectivity index (χ1n) is 6.75. The minimum absolute atomic E-state index is 0.168. The molecule has 0 atom stereocenters. The first kappa shape index (κ1) is 15.0. The molecule has 1 aromatic rings. The van der Waals surface area contributed by atoms with Crippen LogP contribution in [0.25, 0.3) is 0 Å². The molecule has 0 amide bonds. The number of hydrogen-bond acceptors (Lipinski definition) is 2. The first-order chi connectivity index (χ1) is 8.39. The van der Waals surface area contributed by atoms with Crippen molar-refractivity contribution < 1.29 is 4.74 Å². The molecule has 0 bridgehead atoms. The molecule has 18 heavy (non-hydrogen) atoms. The SMILES string of the molecule is CNC(C)(C)CCc1ccc(C(C)C)cc1OC. The molecule has 102 valence electrons. The summed E-state index contributed by atoms with van der Waals surface area (Å²) in [5.74, 6) is 1.56. The van der Waals surface area contributed by atoms with E-state index in [0.29, 0.717) is 5.92 Å². The van der Waals surface area contributed by atoms with E-state index >= 15 is 0 Å². The van der Waals surface area contributed by atoms with E-state index in [9.17, 15) is 0 Å². The number of benzene rings is 1. The van der Waals surface area contributed by atoms with E-state index in [1.165, 1.54) is 11.1 Å². The van der Waals surface area contributed by atoms with Crippen molar-refractivity contribution in [2.75, 3.05) is 14.2 Å². The highest BCUT2D eigenvalue weighted by molar-refractivity contribution is 5.39. The maximum Gasteiger partial charge on any atom is 0.122 e. The van der Waals surface area contributed by atoms with E-state index < -0.39 is 0 Å². The molecule has 0 fully saturated rings. The molecule has 0 saturated heterocycles. The van der Waals surface area contributed by atoms with E-state index in [1.54, 1.807) is 7.11 Å². The van der Waals surface area contributed by atoms with Gasteiger partial charge in [-0.3, -0.25) is 0 Å². The van der Waals surface area contributed by atoms with Crippen LogP contribution in [0.5, 0.6) is 5.75 Å². The third-order valence-corrected chi connectivity index (χ3v) is 3.67. The van der Waals surface area contributed by atoms with Crippen LogP contribution in [0.1, 0.15) is 51.2 Å². The van der Waals surface area contributed by atoms with Gasteiger partial charge in [0.25, 0.3) is 0 Å². The van der Waals surface area contributed by atoms with E-state index in [0.717, 1.165) is 18.6 Å². The Balaban J connectivity index is 2.83. The molecule has 0 unspecified atom stereocenters. The minimum atomic E-state index is 0.168. The number of methoxy groups -OCH3 is 1. The summed E-state index contributed by atoms with van der Waals surface area (Å²) in [4.78, 5) is 0. The average Bonchev–Trinajstić information content (AvgIpc) is 2.36. The molecule has 0 aliphatic rings. The zero-order valence-electron chi connectivity index (χ0n) is 12.6. The van der Waals surface area contributed by atoms with Crippen molar-refractivity contribution in [2.24, 2.45) is 0 Å². The van der Waals surface area contributed by atoms with Crippen LogP contribution in [0.4, 0.5) is 0 Å². The summed E-state index contributed by atoms with van der Waals surface area (Å²) in [6.45, 7) is 8.86. The lowest BCUT2D eigenvalue weighted by Crippen LogP contribution is -2.36. The number of aryl methyl sites for hydroxylation is 1. The van der Waals surface area contributed by atoms with E-state index in [-0.39, 0.29) is 5.54 Å². The fourth-order valence-corrected chi connectivity index (χ4v) is 1.90. The van der Waals surface area contributed by atoms with Gasteiger partial charge in [0.05, 0.1) is 7.11 Å². The van der Waals surface area contributed by atoms with Gasteiger partial charge >= 0.3 is 0 Å². The van der Waals surface area contributed by atoms with Gasteiger partial charge in [0, 0.05) is 5.54 Å². The average molecular weight is 249 g/mol. The summed E-state index contributed by atoms with van der Waals surface area (Å²) < 4.78 is 5.51. The number of nitrogens with one attached hydrogen (secondary N) is 1. The van der Waals surface area contributed by atoms with Gasteiger partial charge in [-0.2, -0.15) is 0 Å². The standard InChI is InChI=1S/C16H27NO/c1-12(2)14-8-7-13(15(11-14)18-6)9-10-16(3,4)17-5/h7-8,11-12,17H,9-10H2,1-6H3. The summed E-state index contributed by atoms with van der Waals surface area (Å²) in [6.07, 6.45) is 2.14. The molecule has 1 N–H and O–H groups in total. The summed E-state index contributed by atoms with van der Waals surface area (Å²) in [5, 5.41) is 3.34. The summed E-state index contributed by atoms with van der Waals surface area (Å²) in [7, 11) is 3.77. The first-order valence-corrected chi connectivity index (χ1v) is 6.75. The molecule has 2 nitrogen and oxygen atoms in total. The minimum Gasteiger partial charge on any atom is -0.496 e. The predicted octanol–water partition coefficient (Wildman–Crippen LogP) is 3.75. The van der Waals surface area contributed by atoms with Crippen LogP contribution < -0.4 is 10.1 Å². The molecule has 0 saturated carbocycles. The summed E-state index contributed by atoms with van der Waals surface area (Å²) >= 11 is 0. The molecule has 0 spiro atoms. The van der Waals surface area contributed by atoms with Crippen molar-refractivity contribution in [3.63, 3.8) is 0 Å². The summed E-state index contributed by atoms with van der Waals surface area (Å²) in [6, 6.07) is 6.60. The Kier molecular flexibility index (Phi) is 5.21. The smallest absolute Gasteiger partial charge is 0.122 e. The predicted molar refractivity (Wildman–Crippen MR) is 78.5 cm³/mol. The highest BCUT2D eigenvalue weighted by Gasteiger charge is 2.16. The molecule has 0 aliphatic heterocycles. The molecule has 0 aliphatic carbocycles. The van der Waals surface area contributed by atoms with E-state index in [4.69, 9.17) is 4.74 Å². The van der Waals surface area contributed by atoms with Crippen molar-refractivity contribution in [3.8, 4) is 5.75 Å². The van der Waals surface area contributed by atoms with Gasteiger partial charge in [-0.15, -0.1) is 0 Å². The molecular formula is C16H27NO. The maximum atomic E-state index is 5.51. The monoisotopic (exact) mass is 249 g/mol. The quantitative estimate of drug-likeness (QED) is 0.829. The van der Waals surface area contributed by atoms with Crippen LogP contribution in [-0.2, 0) is 6.42 Å². The number of ether oxygens (including phenoxy) is 1. The van der Waals surface area contributed by atoms with Crippen molar-refractivity contribution in [2.45, 2.75) is 52.0 Å². The van der Waals surface area contributed by atoms with Crippen LogP contribution in [0.15, 0.2) is 18.2 Å². The Bertz CT molecular complexity index is 383. The van der Waals surface area contributed by atoms with Gasteiger partial charge in [0.15, 0.2) is 0 Å². The fourth-order valence-electron chi connectivity index (χ4n) is 1.90. The van der Waals surface area contributed by atoms with Gasteiger partial charge in [0.1, 0.15) is 5.75 Å². The second kappa shape index (κ2) is 6.24. The highest BCUT2D eigenvalue weighted by atomic mass is 16.5. The molecule has 0 heterocycles. The van der Waals surface area contributed by atoms with Crippen molar-refractivity contribution in [1.29, 1.82) is 0 Å². The summed E-state index contributed by atoms with van der Waals surface area (Å²) in [5.41, 5.74) is 2.80. The zero-order chi connectivity index (χ0) is 13.8. The van der Waals surface area contributed by atoms with Crippen LogP contribution in [0, 0.1) is 0 Å². The lowest BCUT2D eigenvalue weighted by Gasteiger charge is -2.24. The Morgan fingerprint density at radius 2 is 1.94 bits per heavy atom. The fraction of sp³-hybridized carbons (Fsp3) is 0.625. The molecule has 1 rings (SSSR count). The van der Waals surface area contributed by atoms with Gasteiger partial charge in [0.2, 0.25) is 0 Å². The lowest BCUT2D eigenvalue weighted by molar-refractivity contribution is 0.381. The topological polar surface area (TPSA) is 21.3 Å². The van der Waals surface area contributed by atoms with Gasteiger partial charge in [-0.25, -0.2) is 0 Å². The van der Waals surface area contributed by atoms with Crippen molar-refractivity contribution in [1.82, 2.24) is 5.32 Å². The number of hydrogen-bond donors (Lipinski definition) is 1. The normalized spacial score (nSPS) is 11.9. The molecule has 0 radical (unpaired) electrons. The van der Waals surface area contributed by atoms with Crippen LogP contribution in [0.2, 0.25) is 0 Å². The van der Waals surface area contributed by atoms with Gasteiger partial charge in [-0.05, 0) is 56.8 Å². The third-order valence-electron chi connectivity index (χ3n) is 3.67. The Hall–Kier alpha value is -1.02. The Labute approximate surface area is 112 Å². The van der Waals surface area contributed by atoms with Crippen LogP contribution in [-0.4, -0.2) is 19.7 Å². The van der Waals surface area contributed by atoms with Crippen molar-refractivity contribution >= 4 is 0 Å². The maximum absolute atomic E-state index is 5.51. The Morgan fingerprint density at radius 1 is 1.28 bits per heavy atom. The number of rotatable bonds is 6. The second-order valence-electron chi connectivity index (χ2n) is 5.86. The van der Waals surface area contributed by atoms with E-state index in [1.807, 2.05) is 7.05 Å². The van der Waals surface area contributed by atoms with Gasteiger partial charge < -0.3 is 10.1 Å². The van der Waals surface area contributed by atoms with Crippen LogP contribution in [0.3, 0.4) is 0 Å². The Morgan fingerprint density at radius 3 is 2.44 bits per heavy atom. The van der Waals surface area contributed by atoms with Crippen LogP contribution >= 0.6 is 0 Å². The van der Waals surface area contributed by atoms with E-state index in [2.05, 4.69) is 51.2 Å². The molecule has 0 aromatic heterocycles. The highest BCUT2D eigenvalue weighted by Crippen LogP contribution is 2.26. The van der Waals surface area contributed by atoms with Gasteiger partial charge in [-0.1, -0.05) is 26.0 Å². The second-order valence-corrected chi connectivity index (χ2v) is 5.86. The zero-order valence-corrected chi connectivity index (χ0v) is 12.6. The third kappa shape index (κ3) is 4.02. The largest absolute Gasteiger partial charge is 0.496 e. The lowest BCUT2D eigenvalue weighted by atomic mass is 9.93. The molecule has 2 heteroatoms. The molecular weight excluding hydrogens is 222 g/mol. The molecule has 1 aromatic carbocycles. The van der Waals surface area contributed by atoms with Crippen molar-refractivity contribution in [3.05, 3.63) is 29.3 Å².